The summed E-state index contributed by atoms with van der Waals surface area (Å²) in [6, 6.07) is 4.58. The van der Waals surface area contributed by atoms with Crippen LogP contribution in [0, 0.1) is 17.5 Å². The third-order valence-corrected chi connectivity index (χ3v) is 7.64. The molecule has 1 saturated carbocycles. The van der Waals surface area contributed by atoms with Crippen molar-refractivity contribution in [1.82, 2.24) is 0 Å². The molecular weight excluding hydrogens is 459 g/mol. The highest BCUT2D eigenvalue weighted by atomic mass is 35.5. The molecule has 4 rings (SSSR count). The summed E-state index contributed by atoms with van der Waals surface area (Å²) in [5.41, 5.74) is -0.505. The van der Waals surface area contributed by atoms with Crippen molar-refractivity contribution < 1.29 is 22.2 Å². The van der Waals surface area contributed by atoms with Crippen LogP contribution < -0.4 is 4.90 Å². The quantitative estimate of drug-likeness (QED) is 0.265. The Bertz CT molecular complexity index is 1140. The van der Waals surface area contributed by atoms with Crippen LogP contribution in [0.3, 0.4) is 0 Å². The summed E-state index contributed by atoms with van der Waals surface area (Å²) in [7, 11) is -1.29. The summed E-state index contributed by atoms with van der Waals surface area (Å²) >= 11 is 6.25. The Morgan fingerprint density at radius 2 is 2.00 bits per heavy atom. The second kappa shape index (κ2) is 7.82. The van der Waals surface area contributed by atoms with Gasteiger partial charge in [0.1, 0.15) is 22.0 Å². The molecule has 1 heterocycles. The Hall–Kier alpha value is -2.17. The molecule has 2 aliphatic rings. The molecule has 5 nitrogen and oxygen atoms in total. The summed E-state index contributed by atoms with van der Waals surface area (Å²) in [6.07, 6.45) is 1.92. The van der Waals surface area contributed by atoms with E-state index >= 15 is 0 Å². The Balaban J connectivity index is 1.66. The Morgan fingerprint density at radius 3 is 2.67 bits per heavy atom. The van der Waals surface area contributed by atoms with Gasteiger partial charge in [-0.25, -0.2) is 17.4 Å². The molecule has 2 aromatic carbocycles. The number of benzene rings is 2. The molecule has 156 valence electrons. The molecular formula is C19H13ClF3N3O2S2. The predicted octanol–water partition coefficient (Wildman–Crippen LogP) is 4.74. The maximum atomic E-state index is 14.6. The first-order valence-corrected chi connectivity index (χ1v) is 11.5. The number of rotatable bonds is 6. The molecule has 0 bridgehead atoms. The first kappa shape index (κ1) is 21.1. The number of carbonyl (C=O) groups is 1. The minimum atomic E-state index is -1.87. The van der Waals surface area contributed by atoms with Crippen molar-refractivity contribution >= 4 is 57.1 Å². The lowest BCUT2D eigenvalue weighted by Crippen LogP contribution is -2.31. The molecule has 11 heteroatoms. The largest absolute Gasteiger partial charge is 0.307 e. The Morgan fingerprint density at radius 1 is 1.27 bits per heavy atom. The van der Waals surface area contributed by atoms with Crippen LogP contribution in [-0.2, 0) is 26.6 Å². The van der Waals surface area contributed by atoms with Gasteiger partial charge in [-0.2, -0.15) is 4.40 Å². The van der Waals surface area contributed by atoms with E-state index < -0.39 is 32.7 Å². The molecule has 0 saturated heterocycles. The lowest BCUT2D eigenvalue weighted by atomic mass is 9.97. The van der Waals surface area contributed by atoms with E-state index in [1.165, 1.54) is 17.0 Å². The summed E-state index contributed by atoms with van der Waals surface area (Å²) in [5.74, 6) is -3.21. The van der Waals surface area contributed by atoms with Crippen LogP contribution in [0.2, 0.25) is 5.02 Å². The van der Waals surface area contributed by atoms with Gasteiger partial charge in [0.05, 0.1) is 33.5 Å². The van der Waals surface area contributed by atoms with Gasteiger partial charge in [-0.05, 0) is 49.4 Å². The van der Waals surface area contributed by atoms with Crippen LogP contribution in [0.25, 0.3) is 0 Å². The highest BCUT2D eigenvalue weighted by Gasteiger charge is 2.61. The molecule has 1 fully saturated rings. The first-order valence-electron chi connectivity index (χ1n) is 8.65. The number of halogens is 4. The number of nitrogens with zero attached hydrogens (tertiary/aromatic N) is 3. The van der Waals surface area contributed by atoms with Crippen LogP contribution in [-0.4, -0.2) is 23.2 Å². The van der Waals surface area contributed by atoms with Gasteiger partial charge in [-0.3, -0.25) is 9.79 Å². The van der Waals surface area contributed by atoms with Crippen molar-refractivity contribution in [2.45, 2.75) is 29.7 Å². The van der Waals surface area contributed by atoms with Crippen LogP contribution in [0.15, 0.2) is 38.6 Å². The van der Waals surface area contributed by atoms with Gasteiger partial charge in [0.15, 0.2) is 11.6 Å². The van der Waals surface area contributed by atoms with Gasteiger partial charge in [-0.15, -0.1) is 0 Å². The second-order valence-electron chi connectivity index (χ2n) is 6.82. The maximum Gasteiger partial charge on any atom is 0.238 e. The lowest BCUT2D eigenvalue weighted by molar-refractivity contribution is -0.120. The van der Waals surface area contributed by atoms with Crippen molar-refractivity contribution in [3.63, 3.8) is 0 Å². The van der Waals surface area contributed by atoms with Gasteiger partial charge < -0.3 is 4.90 Å². The second-order valence-corrected chi connectivity index (χ2v) is 9.85. The van der Waals surface area contributed by atoms with Crippen molar-refractivity contribution in [3.05, 3.63) is 57.9 Å². The van der Waals surface area contributed by atoms with Gasteiger partial charge in [0.2, 0.25) is 5.91 Å². The average Bonchev–Trinajstić information content (AvgIpc) is 3.47. The molecule has 1 unspecified atom stereocenters. The van der Waals surface area contributed by atoms with Crippen molar-refractivity contribution in [2.24, 2.45) is 9.39 Å². The highest BCUT2D eigenvalue weighted by molar-refractivity contribution is 8.68. The van der Waals surface area contributed by atoms with E-state index in [9.17, 15) is 22.2 Å². The number of hydrogen-bond donors (Lipinski definition) is 0. The number of carbonyl (C=O) groups excluding carboxylic acids is 1. The molecule has 0 N–H and O–H groups in total. The summed E-state index contributed by atoms with van der Waals surface area (Å²) < 4.78 is 58.6. The van der Waals surface area contributed by atoms with Gasteiger partial charge in [0.25, 0.3) is 0 Å². The lowest BCUT2D eigenvalue weighted by Gasteiger charge is -2.19. The molecule has 1 aliphatic carbocycles. The Kier molecular flexibility index (Phi) is 5.50. The van der Waals surface area contributed by atoms with Crippen molar-refractivity contribution in [3.8, 4) is 0 Å². The molecule has 1 aliphatic heterocycles. The normalized spacial score (nSPS) is 17.6. The van der Waals surface area contributed by atoms with Crippen LogP contribution in [0.4, 0.5) is 18.9 Å². The monoisotopic (exact) mass is 471 g/mol. The van der Waals surface area contributed by atoms with Crippen molar-refractivity contribution in [2.75, 3.05) is 4.90 Å². The predicted molar refractivity (Wildman–Crippen MR) is 112 cm³/mol. The maximum absolute atomic E-state index is 14.6. The van der Waals surface area contributed by atoms with Crippen LogP contribution in [0.5, 0.6) is 0 Å². The van der Waals surface area contributed by atoms with E-state index in [0.29, 0.717) is 23.8 Å². The fourth-order valence-corrected chi connectivity index (χ4v) is 5.52. The summed E-state index contributed by atoms with van der Waals surface area (Å²) in [6.45, 7) is 3.05. The molecule has 1 amide bonds. The summed E-state index contributed by atoms with van der Waals surface area (Å²) in [5, 5.41) is 0.0832. The number of hydrogen-bond acceptors (Lipinski definition) is 4. The van der Waals surface area contributed by atoms with Crippen LogP contribution in [0.1, 0.15) is 24.0 Å². The average molecular weight is 472 g/mol. The van der Waals surface area contributed by atoms with Gasteiger partial charge in [0, 0.05) is 10.6 Å². The topological polar surface area (TPSA) is 62.1 Å². The zero-order valence-electron chi connectivity index (χ0n) is 15.2. The molecule has 0 radical (unpaired) electrons. The first-order chi connectivity index (χ1) is 14.3. The van der Waals surface area contributed by atoms with E-state index in [1.54, 1.807) is 0 Å². The molecule has 1 atom stereocenters. The van der Waals surface area contributed by atoms with E-state index in [-0.39, 0.29) is 39.2 Å². The standard InChI is InChI=1S/C19H13ClF3N3O2S2/c1-24-9-25-29-30(28)15-7-11(20)10(6-13(15)22)8-26-14-3-2-12(21)17(23)16(14)19(4-5-19)18(26)27/h2-3,6-7,9H,1,4-5,8H2/b25-9-. The van der Waals surface area contributed by atoms with Crippen molar-refractivity contribution in [1.29, 1.82) is 0 Å². The highest BCUT2D eigenvalue weighted by Crippen LogP contribution is 2.58. The minimum Gasteiger partial charge on any atom is -0.307 e. The third-order valence-electron chi connectivity index (χ3n) is 5.10. The molecule has 0 aromatic heterocycles. The number of aliphatic imine (C=N–C) groups is 1. The van der Waals surface area contributed by atoms with Crippen LogP contribution >= 0.6 is 22.6 Å². The fraction of sp³-hybridized carbons (Fsp3) is 0.211. The SMILES string of the molecule is C=N/C=N\SS(=O)c1cc(Cl)c(CN2C(=O)C3(CC3)c3c2ccc(F)c3F)cc1F. The fourth-order valence-electron chi connectivity index (χ4n) is 3.56. The van der Waals surface area contributed by atoms with E-state index in [1.807, 2.05) is 0 Å². The van der Waals surface area contributed by atoms with E-state index in [4.69, 9.17) is 11.6 Å². The third kappa shape index (κ3) is 3.36. The number of amides is 1. The minimum absolute atomic E-state index is 0.0481. The van der Waals surface area contributed by atoms with Gasteiger partial charge >= 0.3 is 0 Å². The summed E-state index contributed by atoms with van der Waals surface area (Å²) in [4.78, 5) is 17.4. The zero-order chi connectivity index (χ0) is 21.6. The molecule has 2 aromatic rings. The zero-order valence-corrected chi connectivity index (χ0v) is 17.6. The Labute approximate surface area is 181 Å². The van der Waals surface area contributed by atoms with E-state index in [2.05, 4.69) is 16.1 Å². The smallest absolute Gasteiger partial charge is 0.238 e. The number of fused-ring (bicyclic) bond motifs is 2. The van der Waals surface area contributed by atoms with E-state index in [0.717, 1.165) is 18.5 Å². The molecule has 30 heavy (non-hydrogen) atoms. The van der Waals surface area contributed by atoms with Gasteiger partial charge in [-0.1, -0.05) is 11.6 Å². The number of anilines is 1. The molecule has 1 spiro atoms.